The number of nitrogens with zero attached hydrogens (tertiary/aromatic N) is 4. The fourth-order valence-corrected chi connectivity index (χ4v) is 5.51. The number of ether oxygens (including phenoxy) is 2. The number of carbonyl (C=O) groups is 1. The fourth-order valence-electron chi connectivity index (χ4n) is 4.18. The molecule has 0 bridgehead atoms. The summed E-state index contributed by atoms with van der Waals surface area (Å²) in [7, 11) is 1.42. The van der Waals surface area contributed by atoms with E-state index in [1.54, 1.807) is 12.4 Å². The third-order valence-corrected chi connectivity index (χ3v) is 7.10. The number of hydrogen-bond acceptors (Lipinski definition) is 9. The molecule has 3 aromatic rings. The molecule has 2 aliphatic rings. The Labute approximate surface area is 177 Å². The lowest BCUT2D eigenvalue weighted by atomic mass is 9.85. The smallest absolute Gasteiger partial charge is 0.348 e. The van der Waals surface area contributed by atoms with Crippen LogP contribution < -0.4 is 0 Å². The van der Waals surface area contributed by atoms with Gasteiger partial charge in [0.2, 0.25) is 11.8 Å². The molecule has 0 aliphatic carbocycles. The highest BCUT2D eigenvalue weighted by Crippen LogP contribution is 2.45. The number of fused-ring (bicyclic) bond motifs is 2. The largest absolute Gasteiger partial charge is 0.465 e. The first-order valence-electron chi connectivity index (χ1n) is 9.97. The van der Waals surface area contributed by atoms with E-state index in [-0.39, 0.29) is 11.6 Å². The third kappa shape index (κ3) is 3.53. The highest BCUT2D eigenvalue weighted by molar-refractivity contribution is 7.14. The summed E-state index contributed by atoms with van der Waals surface area (Å²) >= 11 is 1.51. The van der Waals surface area contributed by atoms with Gasteiger partial charge in [0.1, 0.15) is 10.5 Å². The molecular weight excluding hydrogens is 404 g/mol. The first-order chi connectivity index (χ1) is 14.7. The zero-order valence-corrected chi connectivity index (χ0v) is 17.5. The second-order valence-electron chi connectivity index (χ2n) is 7.57. The Bertz CT molecular complexity index is 1040. The Morgan fingerprint density at radius 2 is 2.20 bits per heavy atom. The molecule has 0 radical (unpaired) electrons. The molecule has 2 aliphatic heterocycles. The van der Waals surface area contributed by atoms with Crippen LogP contribution in [-0.4, -0.2) is 52.9 Å². The van der Waals surface area contributed by atoms with E-state index < -0.39 is 0 Å². The average molecular weight is 426 g/mol. The maximum atomic E-state index is 12.0. The van der Waals surface area contributed by atoms with Gasteiger partial charge >= 0.3 is 5.97 Å². The van der Waals surface area contributed by atoms with Crippen LogP contribution >= 0.6 is 11.3 Å². The summed E-state index contributed by atoms with van der Waals surface area (Å²) in [5.74, 6) is 0.808. The maximum absolute atomic E-state index is 12.0. The molecule has 0 unspecified atom stereocenters. The van der Waals surface area contributed by atoms with E-state index in [2.05, 4.69) is 20.1 Å². The SMILES string of the molecule is COC(=O)c1cc2c(s1)C1(CCN(Cc3nnc(-c4cccnc4)o3)CC1)OCC2. The van der Waals surface area contributed by atoms with Crippen LogP contribution in [0, 0.1) is 0 Å². The second-order valence-corrected chi connectivity index (χ2v) is 8.62. The molecule has 1 fully saturated rings. The number of esters is 1. The quantitative estimate of drug-likeness (QED) is 0.588. The molecule has 0 aromatic carbocycles. The molecule has 3 aromatic heterocycles. The number of likely N-dealkylation sites (tertiary alicyclic amines) is 1. The summed E-state index contributed by atoms with van der Waals surface area (Å²) in [6.07, 6.45) is 6.00. The predicted octanol–water partition coefficient (Wildman–Crippen LogP) is 3.04. The highest BCUT2D eigenvalue weighted by Gasteiger charge is 2.43. The van der Waals surface area contributed by atoms with Gasteiger partial charge in [0.25, 0.3) is 0 Å². The van der Waals surface area contributed by atoms with Crippen LogP contribution in [0.2, 0.25) is 0 Å². The number of pyridine rings is 1. The number of piperidine rings is 1. The minimum Gasteiger partial charge on any atom is -0.465 e. The van der Waals surface area contributed by atoms with Crippen molar-refractivity contribution in [2.24, 2.45) is 0 Å². The summed E-state index contributed by atoms with van der Waals surface area (Å²) in [5, 5.41) is 8.33. The van der Waals surface area contributed by atoms with E-state index in [0.29, 0.717) is 29.8 Å². The number of thiophene rings is 1. The van der Waals surface area contributed by atoms with E-state index in [1.165, 1.54) is 28.9 Å². The van der Waals surface area contributed by atoms with Crippen molar-refractivity contribution in [3.05, 3.63) is 51.8 Å². The van der Waals surface area contributed by atoms with Gasteiger partial charge in [0.05, 0.1) is 25.8 Å². The molecule has 5 heterocycles. The molecule has 0 N–H and O–H groups in total. The molecule has 9 heteroatoms. The van der Waals surface area contributed by atoms with Crippen LogP contribution in [-0.2, 0) is 28.0 Å². The van der Waals surface area contributed by atoms with Gasteiger partial charge in [0.15, 0.2) is 0 Å². The Hall–Kier alpha value is -2.62. The van der Waals surface area contributed by atoms with Crippen molar-refractivity contribution in [3.8, 4) is 11.5 Å². The maximum Gasteiger partial charge on any atom is 0.348 e. The minimum absolute atomic E-state index is 0.275. The van der Waals surface area contributed by atoms with Gasteiger partial charge < -0.3 is 13.9 Å². The Morgan fingerprint density at radius 3 is 2.97 bits per heavy atom. The van der Waals surface area contributed by atoms with Gasteiger partial charge in [-0.15, -0.1) is 21.5 Å². The first-order valence-corrected chi connectivity index (χ1v) is 10.8. The predicted molar refractivity (Wildman–Crippen MR) is 109 cm³/mol. The Morgan fingerprint density at radius 1 is 1.33 bits per heavy atom. The summed E-state index contributed by atoms with van der Waals surface area (Å²) in [4.78, 5) is 20.2. The summed E-state index contributed by atoms with van der Waals surface area (Å²) in [6, 6.07) is 5.72. The summed E-state index contributed by atoms with van der Waals surface area (Å²) < 4.78 is 17.0. The number of hydrogen-bond donors (Lipinski definition) is 0. The third-order valence-electron chi connectivity index (χ3n) is 5.76. The molecule has 1 spiro atoms. The zero-order chi connectivity index (χ0) is 20.6. The molecular formula is C21H22N4O4S. The molecule has 0 saturated carbocycles. The van der Waals surface area contributed by atoms with Crippen LogP contribution in [0.4, 0.5) is 0 Å². The van der Waals surface area contributed by atoms with Crippen molar-refractivity contribution in [2.45, 2.75) is 31.4 Å². The van der Waals surface area contributed by atoms with Crippen LogP contribution in [0.25, 0.3) is 11.5 Å². The lowest BCUT2D eigenvalue weighted by Crippen LogP contribution is -2.45. The molecule has 0 atom stereocenters. The van der Waals surface area contributed by atoms with Crippen LogP contribution in [0.5, 0.6) is 0 Å². The lowest BCUT2D eigenvalue weighted by Gasteiger charge is -2.43. The molecule has 0 amide bonds. The monoisotopic (exact) mass is 426 g/mol. The first kappa shape index (κ1) is 19.3. The molecule has 8 nitrogen and oxygen atoms in total. The van der Waals surface area contributed by atoms with Gasteiger partial charge in [-0.05, 0) is 43.0 Å². The Balaban J connectivity index is 1.27. The van der Waals surface area contributed by atoms with Crippen molar-refractivity contribution in [1.29, 1.82) is 0 Å². The molecule has 30 heavy (non-hydrogen) atoms. The van der Waals surface area contributed by atoms with E-state index in [1.807, 2.05) is 18.2 Å². The van der Waals surface area contributed by atoms with Gasteiger partial charge in [-0.25, -0.2) is 4.79 Å². The molecule has 1 saturated heterocycles. The average Bonchev–Trinajstić information content (AvgIpc) is 3.44. The molecule has 156 valence electrons. The van der Waals surface area contributed by atoms with E-state index in [0.717, 1.165) is 37.9 Å². The minimum atomic E-state index is -0.309. The summed E-state index contributed by atoms with van der Waals surface area (Å²) in [5.41, 5.74) is 1.73. The lowest BCUT2D eigenvalue weighted by molar-refractivity contribution is -0.0967. The van der Waals surface area contributed by atoms with Gasteiger partial charge in [0, 0.05) is 30.4 Å². The number of rotatable bonds is 4. The van der Waals surface area contributed by atoms with E-state index in [4.69, 9.17) is 13.9 Å². The number of methoxy groups -OCH3 is 1. The van der Waals surface area contributed by atoms with E-state index in [9.17, 15) is 4.79 Å². The normalized spacial score (nSPS) is 18.3. The van der Waals surface area contributed by atoms with Crippen LogP contribution in [0.3, 0.4) is 0 Å². The van der Waals surface area contributed by atoms with E-state index >= 15 is 0 Å². The number of aromatic nitrogens is 3. The topological polar surface area (TPSA) is 90.6 Å². The second kappa shape index (κ2) is 7.90. The van der Waals surface area contributed by atoms with Crippen molar-refractivity contribution in [3.63, 3.8) is 0 Å². The molecule has 5 rings (SSSR count). The van der Waals surface area contributed by atoms with Crippen molar-refractivity contribution in [1.82, 2.24) is 20.1 Å². The van der Waals surface area contributed by atoms with Crippen LogP contribution in [0.15, 0.2) is 35.0 Å². The summed E-state index contributed by atoms with van der Waals surface area (Å²) in [6.45, 7) is 3.00. The highest BCUT2D eigenvalue weighted by atomic mass is 32.1. The van der Waals surface area contributed by atoms with Gasteiger partial charge in [-0.1, -0.05) is 0 Å². The standard InChI is InChI=1S/C21H22N4O4S/c1-27-20(26)16-11-14-4-10-28-21(18(14)30-16)5-8-25(9-6-21)13-17-23-24-19(29-17)15-3-2-7-22-12-15/h2-3,7,11-12H,4-6,8-10,13H2,1H3. The van der Waals surface area contributed by atoms with Crippen molar-refractivity contribution >= 4 is 17.3 Å². The number of carbonyl (C=O) groups excluding carboxylic acids is 1. The zero-order valence-electron chi connectivity index (χ0n) is 16.7. The van der Waals surface area contributed by atoms with Gasteiger partial charge in [-0.2, -0.15) is 0 Å². The van der Waals surface area contributed by atoms with Crippen molar-refractivity contribution in [2.75, 3.05) is 26.8 Å². The van der Waals surface area contributed by atoms with Gasteiger partial charge in [-0.3, -0.25) is 9.88 Å². The Kier molecular flexibility index (Phi) is 5.10. The van der Waals surface area contributed by atoms with Crippen LogP contribution in [0.1, 0.15) is 38.8 Å². The fraction of sp³-hybridized carbons (Fsp3) is 0.429. The van der Waals surface area contributed by atoms with Crippen molar-refractivity contribution < 1.29 is 18.7 Å².